The van der Waals surface area contributed by atoms with Crippen LogP contribution >= 0.6 is 0 Å². The van der Waals surface area contributed by atoms with Crippen molar-refractivity contribution in [3.05, 3.63) is 94.8 Å². The first-order chi connectivity index (χ1) is 13.7. The lowest BCUT2D eigenvalue weighted by Crippen LogP contribution is -2.29. The van der Waals surface area contributed by atoms with Gasteiger partial charge in [-0.15, -0.1) is 0 Å². The lowest BCUT2D eigenvalue weighted by Gasteiger charge is -2.19. The number of benzene rings is 2. The average Bonchev–Trinajstić information content (AvgIpc) is 3.24. The van der Waals surface area contributed by atoms with Crippen LogP contribution in [0.15, 0.2) is 66.7 Å². The second kappa shape index (κ2) is 6.60. The van der Waals surface area contributed by atoms with E-state index in [0.29, 0.717) is 17.7 Å². The highest BCUT2D eigenvalue weighted by atomic mass is 16.2. The summed E-state index contributed by atoms with van der Waals surface area (Å²) in [5.74, 6) is -0.498. The number of imide groups is 1. The molecule has 0 N–H and O–H groups in total. The summed E-state index contributed by atoms with van der Waals surface area (Å²) < 4.78 is 0. The summed E-state index contributed by atoms with van der Waals surface area (Å²) in [5, 5.41) is 0. The topological polar surface area (TPSA) is 53.5 Å². The number of hydrogen-bond donors (Lipinski definition) is 0. The van der Waals surface area contributed by atoms with Crippen LogP contribution < -0.4 is 4.90 Å². The molecule has 138 valence electrons. The van der Waals surface area contributed by atoms with Gasteiger partial charge in [0.25, 0.3) is 11.8 Å². The smallest absolute Gasteiger partial charge is 0.261 e. The predicted octanol–water partition coefficient (Wildman–Crippen LogP) is 3.44. The van der Waals surface area contributed by atoms with Gasteiger partial charge in [-0.1, -0.05) is 36.4 Å². The Balaban J connectivity index is 1.35. The van der Waals surface area contributed by atoms with E-state index in [1.165, 1.54) is 16.2 Å². The van der Waals surface area contributed by atoms with E-state index in [1.807, 2.05) is 18.2 Å². The molecule has 3 aromatic rings. The third kappa shape index (κ3) is 2.76. The van der Waals surface area contributed by atoms with Gasteiger partial charge in [0.2, 0.25) is 0 Å². The van der Waals surface area contributed by atoms with Crippen molar-refractivity contribution in [1.82, 2.24) is 9.88 Å². The van der Waals surface area contributed by atoms with Crippen LogP contribution in [0.5, 0.6) is 0 Å². The van der Waals surface area contributed by atoms with E-state index in [2.05, 4.69) is 29.2 Å². The molecule has 0 radical (unpaired) electrons. The summed E-state index contributed by atoms with van der Waals surface area (Å²) in [6, 6.07) is 21.2. The predicted molar refractivity (Wildman–Crippen MR) is 106 cm³/mol. The fourth-order valence-electron chi connectivity index (χ4n) is 4.02. The molecule has 5 heteroatoms. The Kier molecular flexibility index (Phi) is 3.93. The first kappa shape index (κ1) is 16.7. The Labute approximate surface area is 163 Å². The molecular weight excluding hydrogens is 350 g/mol. The maximum Gasteiger partial charge on any atom is 0.261 e. The van der Waals surface area contributed by atoms with Crippen molar-refractivity contribution in [2.45, 2.75) is 19.5 Å². The fraction of sp³-hybridized carbons (Fsp3) is 0.174. The number of amides is 2. The largest absolute Gasteiger partial charge is 0.365 e. The van der Waals surface area contributed by atoms with Crippen LogP contribution in [-0.2, 0) is 19.5 Å². The van der Waals surface area contributed by atoms with E-state index in [1.54, 1.807) is 24.3 Å². The normalized spacial score (nSPS) is 15.1. The number of carbonyl (C=O) groups excluding carboxylic acids is 2. The molecule has 0 unspecified atom stereocenters. The maximum atomic E-state index is 12.6. The molecule has 2 amide bonds. The number of anilines is 1. The van der Waals surface area contributed by atoms with Crippen LogP contribution in [0.4, 0.5) is 5.69 Å². The molecule has 2 aromatic carbocycles. The van der Waals surface area contributed by atoms with Gasteiger partial charge in [-0.2, -0.15) is 0 Å². The van der Waals surface area contributed by atoms with Gasteiger partial charge in [0.1, 0.15) is 0 Å². The highest BCUT2D eigenvalue weighted by molar-refractivity contribution is 6.21. The number of para-hydroxylation sites is 1. The Morgan fingerprint density at radius 3 is 2.14 bits per heavy atom. The molecule has 0 atom stereocenters. The van der Waals surface area contributed by atoms with Crippen molar-refractivity contribution in [2.75, 3.05) is 11.4 Å². The number of hydrogen-bond acceptors (Lipinski definition) is 4. The van der Waals surface area contributed by atoms with Gasteiger partial charge in [0.05, 0.1) is 35.6 Å². The molecule has 28 heavy (non-hydrogen) atoms. The molecule has 2 aliphatic rings. The molecule has 0 aliphatic carbocycles. The molecule has 5 rings (SSSR count). The number of fused-ring (bicyclic) bond motifs is 2. The van der Waals surface area contributed by atoms with Gasteiger partial charge in [-0.3, -0.25) is 19.5 Å². The minimum atomic E-state index is -0.249. The van der Waals surface area contributed by atoms with Gasteiger partial charge in [0, 0.05) is 12.2 Å². The van der Waals surface area contributed by atoms with E-state index in [4.69, 9.17) is 4.98 Å². The van der Waals surface area contributed by atoms with Gasteiger partial charge >= 0.3 is 0 Å². The van der Waals surface area contributed by atoms with Crippen molar-refractivity contribution < 1.29 is 9.59 Å². The van der Waals surface area contributed by atoms with Crippen LogP contribution in [-0.4, -0.2) is 28.2 Å². The van der Waals surface area contributed by atoms with E-state index < -0.39 is 0 Å². The number of rotatable bonds is 4. The Morgan fingerprint density at radius 2 is 1.39 bits per heavy atom. The number of aromatic nitrogens is 1. The summed E-state index contributed by atoms with van der Waals surface area (Å²) >= 11 is 0. The molecule has 3 heterocycles. The van der Waals surface area contributed by atoms with Crippen LogP contribution in [0.3, 0.4) is 0 Å². The van der Waals surface area contributed by atoms with Crippen LogP contribution in [0, 0.1) is 0 Å². The first-order valence-electron chi connectivity index (χ1n) is 9.43. The lowest BCUT2D eigenvalue weighted by molar-refractivity contribution is 0.0640. The second-order valence-corrected chi connectivity index (χ2v) is 7.16. The van der Waals surface area contributed by atoms with E-state index >= 15 is 0 Å². The highest BCUT2D eigenvalue weighted by Gasteiger charge is 2.35. The van der Waals surface area contributed by atoms with Crippen molar-refractivity contribution >= 4 is 17.5 Å². The third-order valence-corrected chi connectivity index (χ3v) is 5.40. The number of nitrogens with zero attached hydrogens (tertiary/aromatic N) is 3. The van der Waals surface area contributed by atoms with Crippen molar-refractivity contribution in [3.63, 3.8) is 0 Å². The van der Waals surface area contributed by atoms with E-state index in [-0.39, 0.29) is 18.4 Å². The molecule has 1 aromatic heterocycles. The summed E-state index contributed by atoms with van der Waals surface area (Å²) in [4.78, 5) is 33.5. The number of pyridine rings is 1. The first-order valence-corrected chi connectivity index (χ1v) is 9.43. The summed E-state index contributed by atoms with van der Waals surface area (Å²) in [7, 11) is 0. The molecule has 5 nitrogen and oxygen atoms in total. The van der Waals surface area contributed by atoms with Crippen molar-refractivity contribution in [2.24, 2.45) is 0 Å². The zero-order valence-corrected chi connectivity index (χ0v) is 15.3. The third-order valence-electron chi connectivity index (χ3n) is 5.40. The van der Waals surface area contributed by atoms with E-state index in [0.717, 1.165) is 24.4 Å². The SMILES string of the molecule is O=C1c2ccccc2C(=O)N1Cc1cccc(CN2CCc3ccccc32)n1. The monoisotopic (exact) mass is 369 g/mol. The Morgan fingerprint density at radius 1 is 0.750 bits per heavy atom. The van der Waals surface area contributed by atoms with Crippen LogP contribution in [0.1, 0.15) is 37.7 Å². The quantitative estimate of drug-likeness (QED) is 0.661. The number of carbonyl (C=O) groups is 2. The van der Waals surface area contributed by atoms with Gasteiger partial charge in [0.15, 0.2) is 0 Å². The molecule has 0 fully saturated rings. The second-order valence-electron chi connectivity index (χ2n) is 7.16. The standard InChI is InChI=1S/C23H19N3O2/c27-22-19-9-2-3-10-20(19)23(28)26(22)15-18-8-5-7-17(24-18)14-25-13-12-16-6-1-4-11-21(16)25/h1-11H,12-15H2. The molecule has 2 aliphatic heterocycles. The average molecular weight is 369 g/mol. The van der Waals surface area contributed by atoms with Crippen molar-refractivity contribution in [1.29, 1.82) is 0 Å². The zero-order chi connectivity index (χ0) is 19.1. The molecule has 0 bridgehead atoms. The molecule has 0 saturated heterocycles. The van der Waals surface area contributed by atoms with Crippen LogP contribution in [0.25, 0.3) is 0 Å². The van der Waals surface area contributed by atoms with Crippen LogP contribution in [0.2, 0.25) is 0 Å². The molecule has 0 spiro atoms. The van der Waals surface area contributed by atoms with Gasteiger partial charge in [-0.25, -0.2) is 0 Å². The highest BCUT2D eigenvalue weighted by Crippen LogP contribution is 2.29. The van der Waals surface area contributed by atoms with Gasteiger partial charge in [-0.05, 0) is 42.3 Å². The Bertz CT molecular complexity index is 1060. The molecule has 0 saturated carbocycles. The minimum Gasteiger partial charge on any atom is -0.365 e. The van der Waals surface area contributed by atoms with Gasteiger partial charge < -0.3 is 4.90 Å². The Hall–Kier alpha value is -3.47. The summed E-state index contributed by atoms with van der Waals surface area (Å²) in [6.07, 6.45) is 1.05. The van der Waals surface area contributed by atoms with E-state index in [9.17, 15) is 9.59 Å². The summed E-state index contributed by atoms with van der Waals surface area (Å²) in [5.41, 5.74) is 5.22. The zero-order valence-electron chi connectivity index (χ0n) is 15.3. The summed E-state index contributed by atoms with van der Waals surface area (Å²) in [6.45, 7) is 1.88. The van der Waals surface area contributed by atoms with Crippen molar-refractivity contribution in [3.8, 4) is 0 Å². The molecular formula is C23H19N3O2. The maximum absolute atomic E-state index is 12.6. The lowest BCUT2D eigenvalue weighted by atomic mass is 10.1. The fourth-order valence-corrected chi connectivity index (χ4v) is 4.02. The minimum absolute atomic E-state index is 0.191.